The molecule has 100 valence electrons. The molecular weight excluding hydrogens is 236 g/mol. The molecule has 0 amide bonds. The van der Waals surface area contributed by atoms with Crippen molar-refractivity contribution in [2.45, 2.75) is 19.4 Å². The van der Waals surface area contributed by atoms with Crippen LogP contribution in [-0.4, -0.2) is 36.5 Å². The van der Waals surface area contributed by atoms with Crippen molar-refractivity contribution in [3.63, 3.8) is 0 Å². The first-order valence-corrected chi connectivity index (χ1v) is 5.70. The molecule has 0 aliphatic heterocycles. The van der Waals surface area contributed by atoms with Crippen LogP contribution in [0.15, 0.2) is 18.2 Å². The van der Waals surface area contributed by atoms with Crippen LogP contribution < -0.4 is 4.74 Å². The molecule has 0 bridgehead atoms. The van der Waals surface area contributed by atoms with E-state index in [1.54, 1.807) is 25.3 Å². The molecule has 18 heavy (non-hydrogen) atoms. The van der Waals surface area contributed by atoms with Gasteiger partial charge >= 0.3 is 5.97 Å². The smallest absolute Gasteiger partial charge is 0.337 e. The second-order valence-electron chi connectivity index (χ2n) is 3.90. The van der Waals surface area contributed by atoms with E-state index in [0.717, 1.165) is 5.56 Å². The molecule has 0 aliphatic rings. The zero-order valence-electron chi connectivity index (χ0n) is 10.5. The normalized spacial score (nSPS) is 12.2. The number of carboxylic acids is 1. The van der Waals surface area contributed by atoms with Crippen molar-refractivity contribution in [2.75, 3.05) is 20.3 Å². The third kappa shape index (κ3) is 3.72. The number of aliphatic carboxylic acids is 1. The van der Waals surface area contributed by atoms with Crippen molar-refractivity contribution in [3.8, 4) is 5.75 Å². The quantitative estimate of drug-likeness (QED) is 0.722. The van der Waals surface area contributed by atoms with Crippen LogP contribution in [0.4, 0.5) is 0 Å². The van der Waals surface area contributed by atoms with E-state index in [4.69, 9.17) is 19.7 Å². The van der Waals surface area contributed by atoms with Crippen LogP contribution in [0.25, 0.3) is 0 Å². The fraction of sp³-hybridized carbons (Fsp3) is 0.462. The van der Waals surface area contributed by atoms with Crippen molar-refractivity contribution in [1.82, 2.24) is 0 Å². The Bertz CT molecular complexity index is 402. The molecule has 2 N–H and O–H groups in total. The second kappa shape index (κ2) is 6.98. The molecular formula is C13H18O5. The number of rotatable bonds is 7. The third-order valence-electron chi connectivity index (χ3n) is 2.53. The highest BCUT2D eigenvalue weighted by atomic mass is 16.5. The Morgan fingerprint density at radius 1 is 1.44 bits per heavy atom. The molecule has 1 rings (SSSR count). The minimum absolute atomic E-state index is 0.0199. The summed E-state index contributed by atoms with van der Waals surface area (Å²) in [5.74, 6) is -0.337. The Morgan fingerprint density at radius 3 is 2.67 bits per heavy atom. The van der Waals surface area contributed by atoms with Crippen LogP contribution in [0.2, 0.25) is 0 Å². The summed E-state index contributed by atoms with van der Waals surface area (Å²) in [5, 5.41) is 17.8. The van der Waals surface area contributed by atoms with Gasteiger partial charge in [0.2, 0.25) is 0 Å². The lowest BCUT2D eigenvalue weighted by Crippen LogP contribution is -2.16. The van der Waals surface area contributed by atoms with E-state index in [-0.39, 0.29) is 13.2 Å². The van der Waals surface area contributed by atoms with Gasteiger partial charge in [-0.15, -0.1) is 0 Å². The molecule has 1 atom stereocenters. The Morgan fingerprint density at radius 2 is 2.17 bits per heavy atom. The number of carboxylic acid groups (broad SMARTS) is 1. The van der Waals surface area contributed by atoms with Gasteiger partial charge in [0.15, 0.2) is 6.10 Å². The minimum atomic E-state index is -1.04. The maximum Gasteiger partial charge on any atom is 0.337 e. The number of hydrogen-bond donors (Lipinski definition) is 2. The third-order valence-corrected chi connectivity index (χ3v) is 2.53. The first kappa shape index (κ1) is 14.5. The van der Waals surface area contributed by atoms with E-state index in [2.05, 4.69) is 0 Å². The molecule has 0 saturated carbocycles. The molecule has 0 radical (unpaired) electrons. The summed E-state index contributed by atoms with van der Waals surface area (Å²) in [4.78, 5) is 11.1. The van der Waals surface area contributed by atoms with Crippen LogP contribution in [0.5, 0.6) is 5.75 Å². The van der Waals surface area contributed by atoms with Gasteiger partial charge < -0.3 is 19.7 Å². The van der Waals surface area contributed by atoms with Crippen molar-refractivity contribution in [3.05, 3.63) is 29.3 Å². The molecule has 1 aromatic rings. The summed E-state index contributed by atoms with van der Waals surface area (Å²) < 4.78 is 10.4. The Labute approximate surface area is 106 Å². The highest BCUT2D eigenvalue weighted by molar-refractivity contribution is 5.74. The number of aryl methyl sites for hydroxylation is 1. The second-order valence-corrected chi connectivity index (χ2v) is 3.90. The Balaban J connectivity index is 2.85. The zero-order chi connectivity index (χ0) is 13.5. The predicted molar refractivity (Wildman–Crippen MR) is 65.8 cm³/mol. The number of aliphatic hydroxyl groups excluding tert-OH is 1. The van der Waals surface area contributed by atoms with E-state index in [1.807, 2.05) is 6.92 Å². The highest BCUT2D eigenvalue weighted by Crippen LogP contribution is 2.24. The van der Waals surface area contributed by atoms with Crippen LogP contribution in [0, 0.1) is 6.92 Å². The van der Waals surface area contributed by atoms with Gasteiger partial charge in [0.1, 0.15) is 5.75 Å². The van der Waals surface area contributed by atoms with Gasteiger partial charge in [0.25, 0.3) is 0 Å². The zero-order valence-corrected chi connectivity index (χ0v) is 10.5. The summed E-state index contributed by atoms with van der Waals surface area (Å²) in [6.07, 6.45) is -0.597. The van der Waals surface area contributed by atoms with E-state index in [9.17, 15) is 4.79 Å². The van der Waals surface area contributed by atoms with E-state index in [1.165, 1.54) is 0 Å². The fourth-order valence-corrected chi connectivity index (χ4v) is 1.64. The van der Waals surface area contributed by atoms with Gasteiger partial charge in [0, 0.05) is 6.61 Å². The first-order valence-electron chi connectivity index (χ1n) is 5.70. The van der Waals surface area contributed by atoms with E-state index >= 15 is 0 Å². The molecule has 0 heterocycles. The van der Waals surface area contributed by atoms with Crippen LogP contribution in [0.1, 0.15) is 23.7 Å². The van der Waals surface area contributed by atoms with Crippen molar-refractivity contribution in [2.24, 2.45) is 0 Å². The maximum absolute atomic E-state index is 11.1. The molecule has 5 heteroatoms. The predicted octanol–water partition coefficient (Wildman–Crippen LogP) is 1.53. The maximum atomic E-state index is 11.1. The molecule has 0 aliphatic carbocycles. The number of hydrogen-bond acceptors (Lipinski definition) is 4. The van der Waals surface area contributed by atoms with Crippen molar-refractivity contribution < 1.29 is 24.5 Å². The summed E-state index contributed by atoms with van der Waals surface area (Å²) in [5.41, 5.74) is 1.42. The molecule has 0 aromatic heterocycles. The summed E-state index contributed by atoms with van der Waals surface area (Å²) in [6, 6.07) is 5.12. The monoisotopic (exact) mass is 254 g/mol. The van der Waals surface area contributed by atoms with Crippen molar-refractivity contribution in [1.29, 1.82) is 0 Å². The molecule has 5 nitrogen and oxygen atoms in total. The number of ether oxygens (including phenoxy) is 2. The first-order chi connectivity index (χ1) is 8.60. The number of benzene rings is 1. The minimum Gasteiger partial charge on any atom is -0.496 e. The van der Waals surface area contributed by atoms with Gasteiger partial charge in [-0.05, 0) is 36.6 Å². The summed E-state index contributed by atoms with van der Waals surface area (Å²) >= 11 is 0. The van der Waals surface area contributed by atoms with E-state index < -0.39 is 12.1 Å². The van der Waals surface area contributed by atoms with Crippen LogP contribution in [0.3, 0.4) is 0 Å². The summed E-state index contributed by atoms with van der Waals surface area (Å²) in [6.45, 7) is 2.03. The Hall–Kier alpha value is -1.59. The lowest BCUT2D eigenvalue weighted by Gasteiger charge is -2.15. The van der Waals surface area contributed by atoms with Gasteiger partial charge in [-0.25, -0.2) is 4.79 Å². The Kier molecular flexibility index (Phi) is 5.61. The van der Waals surface area contributed by atoms with Gasteiger partial charge in [0.05, 0.1) is 13.7 Å². The molecule has 1 aromatic carbocycles. The SMILES string of the molecule is COc1ccc(C(OCCCO)C(=O)O)cc1C. The molecule has 0 saturated heterocycles. The average Bonchev–Trinajstić information content (AvgIpc) is 2.34. The molecule has 0 fully saturated rings. The number of carbonyl (C=O) groups is 1. The summed E-state index contributed by atoms with van der Waals surface area (Å²) in [7, 11) is 1.56. The molecule has 0 spiro atoms. The number of methoxy groups -OCH3 is 1. The highest BCUT2D eigenvalue weighted by Gasteiger charge is 2.21. The van der Waals surface area contributed by atoms with E-state index in [0.29, 0.717) is 17.7 Å². The van der Waals surface area contributed by atoms with Crippen molar-refractivity contribution >= 4 is 5.97 Å². The molecule has 1 unspecified atom stereocenters. The van der Waals surface area contributed by atoms with Gasteiger partial charge in [-0.3, -0.25) is 0 Å². The number of aliphatic hydroxyl groups is 1. The fourth-order valence-electron chi connectivity index (χ4n) is 1.64. The lowest BCUT2D eigenvalue weighted by atomic mass is 10.1. The van der Waals surface area contributed by atoms with Crippen LogP contribution >= 0.6 is 0 Å². The van der Waals surface area contributed by atoms with Gasteiger partial charge in [-0.1, -0.05) is 6.07 Å². The largest absolute Gasteiger partial charge is 0.496 e. The average molecular weight is 254 g/mol. The topological polar surface area (TPSA) is 76.0 Å². The lowest BCUT2D eigenvalue weighted by molar-refractivity contribution is -0.151. The van der Waals surface area contributed by atoms with Crippen LogP contribution in [-0.2, 0) is 9.53 Å². The van der Waals surface area contributed by atoms with Gasteiger partial charge in [-0.2, -0.15) is 0 Å². The standard InChI is InChI=1S/C13H18O5/c1-9-8-10(4-5-11(9)17-2)12(13(15)16)18-7-3-6-14/h4-5,8,12,14H,3,6-7H2,1-2H3,(H,15,16).